The fourth-order valence-electron chi connectivity index (χ4n) is 2.50. The second-order valence-corrected chi connectivity index (χ2v) is 5.99. The SMILES string of the molecule is Cc1ccc(C(=O)Nc2ccccc2C(=O)Nc2cccnc2)cc1C. The van der Waals surface area contributed by atoms with Crippen molar-refractivity contribution in [1.82, 2.24) is 4.98 Å². The van der Waals surface area contributed by atoms with Gasteiger partial charge in [-0.25, -0.2) is 0 Å². The summed E-state index contributed by atoms with van der Waals surface area (Å²) in [5.74, 6) is -0.566. The lowest BCUT2D eigenvalue weighted by molar-refractivity contribution is 0.102. The van der Waals surface area contributed by atoms with E-state index in [0.29, 0.717) is 22.5 Å². The molecule has 0 radical (unpaired) electrons. The van der Waals surface area contributed by atoms with E-state index in [9.17, 15) is 9.59 Å². The maximum atomic E-state index is 12.6. The highest BCUT2D eigenvalue weighted by molar-refractivity contribution is 6.12. The molecule has 26 heavy (non-hydrogen) atoms. The Labute approximate surface area is 152 Å². The minimum Gasteiger partial charge on any atom is -0.321 e. The summed E-state index contributed by atoms with van der Waals surface area (Å²) in [6.07, 6.45) is 3.20. The summed E-state index contributed by atoms with van der Waals surface area (Å²) in [7, 11) is 0. The molecule has 0 atom stereocenters. The van der Waals surface area contributed by atoms with Crippen LogP contribution in [0.4, 0.5) is 11.4 Å². The van der Waals surface area contributed by atoms with Gasteiger partial charge in [0.1, 0.15) is 0 Å². The van der Waals surface area contributed by atoms with E-state index < -0.39 is 0 Å². The third-order valence-electron chi connectivity index (χ3n) is 4.11. The third kappa shape index (κ3) is 3.95. The molecule has 0 aliphatic rings. The standard InChI is InChI=1S/C21H19N3O2/c1-14-9-10-16(12-15(14)2)20(25)24-19-8-4-3-7-18(19)21(26)23-17-6-5-11-22-13-17/h3-13H,1-2H3,(H,23,26)(H,24,25). The summed E-state index contributed by atoms with van der Waals surface area (Å²) in [6.45, 7) is 3.95. The monoisotopic (exact) mass is 345 g/mol. The lowest BCUT2D eigenvalue weighted by atomic mass is 10.1. The van der Waals surface area contributed by atoms with Crippen molar-refractivity contribution in [1.29, 1.82) is 0 Å². The molecular formula is C21H19N3O2. The zero-order chi connectivity index (χ0) is 18.5. The van der Waals surface area contributed by atoms with Crippen molar-refractivity contribution in [3.05, 3.63) is 89.2 Å². The molecule has 1 aromatic heterocycles. The second kappa shape index (κ2) is 7.61. The van der Waals surface area contributed by atoms with E-state index in [1.165, 1.54) is 0 Å². The quantitative estimate of drug-likeness (QED) is 0.744. The third-order valence-corrected chi connectivity index (χ3v) is 4.11. The Morgan fingerprint density at radius 3 is 2.38 bits per heavy atom. The van der Waals surface area contributed by atoms with Crippen LogP contribution in [0, 0.1) is 13.8 Å². The van der Waals surface area contributed by atoms with E-state index in [2.05, 4.69) is 15.6 Å². The topological polar surface area (TPSA) is 71.1 Å². The van der Waals surface area contributed by atoms with Gasteiger partial charge >= 0.3 is 0 Å². The predicted octanol–water partition coefficient (Wildman–Crippen LogP) is 4.20. The summed E-state index contributed by atoms with van der Waals surface area (Å²) >= 11 is 0. The van der Waals surface area contributed by atoms with Gasteiger partial charge < -0.3 is 10.6 Å². The highest BCUT2D eigenvalue weighted by Gasteiger charge is 2.14. The summed E-state index contributed by atoms with van der Waals surface area (Å²) in [6, 6.07) is 15.9. The van der Waals surface area contributed by atoms with Crippen LogP contribution in [0.2, 0.25) is 0 Å². The van der Waals surface area contributed by atoms with Crippen LogP contribution in [0.3, 0.4) is 0 Å². The molecule has 5 heteroatoms. The lowest BCUT2D eigenvalue weighted by Crippen LogP contribution is -2.18. The summed E-state index contributed by atoms with van der Waals surface area (Å²) < 4.78 is 0. The molecule has 0 saturated heterocycles. The van der Waals surface area contributed by atoms with Crippen LogP contribution < -0.4 is 10.6 Å². The molecule has 2 amide bonds. The van der Waals surface area contributed by atoms with Crippen LogP contribution in [0.15, 0.2) is 67.0 Å². The maximum absolute atomic E-state index is 12.6. The molecule has 0 aliphatic carbocycles. The molecule has 3 rings (SSSR count). The first-order valence-corrected chi connectivity index (χ1v) is 8.23. The Bertz CT molecular complexity index is 952. The molecule has 0 bridgehead atoms. The number of rotatable bonds is 4. The van der Waals surface area contributed by atoms with Crippen molar-refractivity contribution in [3.8, 4) is 0 Å². The first-order chi connectivity index (χ1) is 12.5. The van der Waals surface area contributed by atoms with Crippen molar-refractivity contribution >= 4 is 23.2 Å². The molecule has 0 saturated carbocycles. The molecule has 0 aliphatic heterocycles. The molecule has 3 aromatic rings. The van der Waals surface area contributed by atoms with Crippen molar-refractivity contribution in [3.63, 3.8) is 0 Å². The summed E-state index contributed by atoms with van der Waals surface area (Å²) in [4.78, 5) is 29.1. The van der Waals surface area contributed by atoms with Gasteiger partial charge in [-0.05, 0) is 61.4 Å². The van der Waals surface area contributed by atoms with Gasteiger partial charge in [-0.2, -0.15) is 0 Å². The number of hydrogen-bond acceptors (Lipinski definition) is 3. The van der Waals surface area contributed by atoms with Crippen LogP contribution in [-0.4, -0.2) is 16.8 Å². The minimum absolute atomic E-state index is 0.255. The second-order valence-electron chi connectivity index (χ2n) is 5.99. The van der Waals surface area contributed by atoms with Crippen LogP contribution >= 0.6 is 0 Å². The summed E-state index contributed by atoms with van der Waals surface area (Å²) in [5, 5.41) is 5.60. The number of aromatic nitrogens is 1. The van der Waals surface area contributed by atoms with Gasteiger partial charge in [0.25, 0.3) is 11.8 Å². The number of anilines is 2. The first kappa shape index (κ1) is 17.4. The van der Waals surface area contributed by atoms with Crippen molar-refractivity contribution in [2.24, 2.45) is 0 Å². The number of nitrogens with one attached hydrogen (secondary N) is 2. The van der Waals surface area contributed by atoms with Gasteiger partial charge in [-0.15, -0.1) is 0 Å². The van der Waals surface area contributed by atoms with E-state index in [4.69, 9.17) is 0 Å². The number of carbonyl (C=O) groups excluding carboxylic acids is 2. The molecule has 2 N–H and O–H groups in total. The smallest absolute Gasteiger partial charge is 0.257 e. The number of benzene rings is 2. The van der Waals surface area contributed by atoms with Crippen molar-refractivity contribution in [2.75, 3.05) is 10.6 Å². The van der Waals surface area contributed by atoms with E-state index in [1.807, 2.05) is 26.0 Å². The number of aryl methyl sites for hydroxylation is 2. The average Bonchev–Trinajstić information content (AvgIpc) is 2.65. The normalized spacial score (nSPS) is 10.2. The van der Waals surface area contributed by atoms with Crippen molar-refractivity contribution in [2.45, 2.75) is 13.8 Å². The van der Waals surface area contributed by atoms with Gasteiger partial charge in [0, 0.05) is 11.8 Å². The average molecular weight is 345 g/mol. The van der Waals surface area contributed by atoms with Gasteiger partial charge in [-0.1, -0.05) is 18.2 Å². The molecular weight excluding hydrogens is 326 g/mol. The molecule has 5 nitrogen and oxygen atoms in total. The Hall–Kier alpha value is -3.47. The zero-order valence-electron chi connectivity index (χ0n) is 14.6. The molecule has 1 heterocycles. The lowest BCUT2D eigenvalue weighted by Gasteiger charge is -2.12. The number of pyridine rings is 1. The molecule has 0 unspecified atom stereocenters. The number of carbonyl (C=O) groups is 2. The van der Waals surface area contributed by atoms with Crippen LogP contribution in [0.25, 0.3) is 0 Å². The number of para-hydroxylation sites is 1. The number of amides is 2. The first-order valence-electron chi connectivity index (χ1n) is 8.23. The highest BCUT2D eigenvalue weighted by atomic mass is 16.2. The number of nitrogens with zero attached hydrogens (tertiary/aromatic N) is 1. The maximum Gasteiger partial charge on any atom is 0.257 e. The Morgan fingerprint density at radius 2 is 1.65 bits per heavy atom. The summed E-state index contributed by atoms with van der Waals surface area (Å²) in [5.41, 5.74) is 4.15. The minimum atomic E-state index is -0.311. The largest absolute Gasteiger partial charge is 0.321 e. The fourth-order valence-corrected chi connectivity index (χ4v) is 2.50. The van der Waals surface area contributed by atoms with E-state index >= 15 is 0 Å². The van der Waals surface area contributed by atoms with Crippen LogP contribution in [0.1, 0.15) is 31.8 Å². The van der Waals surface area contributed by atoms with E-state index in [0.717, 1.165) is 11.1 Å². The van der Waals surface area contributed by atoms with E-state index in [1.54, 1.807) is 54.9 Å². The molecule has 0 fully saturated rings. The Morgan fingerprint density at radius 1 is 0.846 bits per heavy atom. The van der Waals surface area contributed by atoms with Gasteiger partial charge in [-0.3, -0.25) is 14.6 Å². The Balaban J connectivity index is 1.81. The van der Waals surface area contributed by atoms with Crippen LogP contribution in [0.5, 0.6) is 0 Å². The van der Waals surface area contributed by atoms with Crippen molar-refractivity contribution < 1.29 is 9.59 Å². The highest BCUT2D eigenvalue weighted by Crippen LogP contribution is 2.19. The molecule has 130 valence electrons. The number of hydrogen-bond donors (Lipinski definition) is 2. The molecule has 2 aromatic carbocycles. The van der Waals surface area contributed by atoms with Gasteiger partial charge in [0.2, 0.25) is 0 Å². The Kier molecular flexibility index (Phi) is 5.08. The van der Waals surface area contributed by atoms with E-state index in [-0.39, 0.29) is 11.8 Å². The zero-order valence-corrected chi connectivity index (χ0v) is 14.6. The predicted molar refractivity (Wildman–Crippen MR) is 103 cm³/mol. The van der Waals surface area contributed by atoms with Gasteiger partial charge in [0.05, 0.1) is 23.1 Å². The fraction of sp³-hybridized carbons (Fsp3) is 0.0952. The van der Waals surface area contributed by atoms with Gasteiger partial charge in [0.15, 0.2) is 0 Å². The molecule has 0 spiro atoms. The van der Waals surface area contributed by atoms with Crippen LogP contribution in [-0.2, 0) is 0 Å².